The first-order valence-electron chi connectivity index (χ1n) is 13.4. The number of thioether (sulfide) groups is 1. The Balaban J connectivity index is 2.19. The minimum atomic E-state index is -4.30. The molecule has 36 heavy (non-hydrogen) atoms. The summed E-state index contributed by atoms with van der Waals surface area (Å²) in [5.74, 6) is -3.25. The maximum absolute atomic E-state index is 14.3. The third-order valence-corrected chi connectivity index (χ3v) is 11.6. The number of alkyl halides is 3. The standard InChI is InChI=1S/C28H41F3O4S/c1-6-9-23(33)36-22-16-18(17(4)32)10-11-20-25(5)14-12-21(28(29,30)31)26(7-2,8-3)19(25)13-15-27(20,22)24(34)35/h10,19-22H,6-9,11-16H2,1-5H3,(H,34,35). The molecule has 4 nitrogen and oxygen atoms in total. The second-order valence-corrected chi connectivity index (χ2v) is 12.8. The molecule has 3 rings (SSSR count). The van der Waals surface area contributed by atoms with Gasteiger partial charge in [-0.15, -0.1) is 0 Å². The Morgan fingerprint density at radius 2 is 1.72 bits per heavy atom. The third kappa shape index (κ3) is 4.58. The summed E-state index contributed by atoms with van der Waals surface area (Å²) in [6.07, 6.45) is 0.734. The number of carboxylic acids is 1. The molecule has 0 bridgehead atoms. The number of hydrogen-bond acceptors (Lipinski definition) is 4. The average Bonchev–Trinajstić information content (AvgIpc) is 2.96. The van der Waals surface area contributed by atoms with Crippen molar-refractivity contribution in [2.75, 3.05) is 0 Å². The van der Waals surface area contributed by atoms with Gasteiger partial charge in [0.25, 0.3) is 0 Å². The smallest absolute Gasteiger partial charge is 0.392 e. The van der Waals surface area contributed by atoms with Gasteiger partial charge in [0.15, 0.2) is 10.9 Å². The summed E-state index contributed by atoms with van der Waals surface area (Å²) in [5, 5.41) is 10.1. The van der Waals surface area contributed by atoms with E-state index in [2.05, 4.69) is 0 Å². The van der Waals surface area contributed by atoms with Gasteiger partial charge in [-0.3, -0.25) is 14.4 Å². The van der Waals surface area contributed by atoms with E-state index >= 15 is 0 Å². The first kappa shape index (κ1) is 29.2. The minimum absolute atomic E-state index is 0.0137. The maximum Gasteiger partial charge on any atom is 0.392 e. The van der Waals surface area contributed by atoms with Gasteiger partial charge < -0.3 is 5.11 Å². The van der Waals surface area contributed by atoms with Crippen molar-refractivity contribution < 1.29 is 32.7 Å². The molecule has 0 saturated heterocycles. The van der Waals surface area contributed by atoms with E-state index in [1.807, 2.05) is 33.8 Å². The Kier molecular flexibility index (Phi) is 8.49. The van der Waals surface area contributed by atoms with E-state index < -0.39 is 45.5 Å². The molecular weight excluding hydrogens is 489 g/mol. The van der Waals surface area contributed by atoms with Crippen molar-refractivity contribution in [1.82, 2.24) is 0 Å². The SMILES string of the molecule is CCCC(=O)SC1CC(C(C)=O)=CCC2C3(C)CCC(C(F)(F)F)C(CC)(CC)C3CCC12C(=O)O. The number of ketones is 1. The second kappa shape index (κ2) is 10.5. The highest BCUT2D eigenvalue weighted by atomic mass is 32.2. The van der Waals surface area contributed by atoms with Crippen molar-refractivity contribution in [1.29, 1.82) is 0 Å². The van der Waals surface area contributed by atoms with Gasteiger partial charge in [-0.2, -0.15) is 13.2 Å². The zero-order valence-electron chi connectivity index (χ0n) is 22.2. The molecule has 0 aromatic rings. The Morgan fingerprint density at radius 1 is 1.08 bits per heavy atom. The molecule has 0 amide bonds. The number of rotatable bonds is 7. The lowest BCUT2D eigenvalue weighted by molar-refractivity contribution is -0.264. The monoisotopic (exact) mass is 530 g/mol. The zero-order valence-corrected chi connectivity index (χ0v) is 23.0. The van der Waals surface area contributed by atoms with Crippen LogP contribution in [0.3, 0.4) is 0 Å². The lowest BCUT2D eigenvalue weighted by Gasteiger charge is -2.66. The molecule has 0 radical (unpaired) electrons. The molecule has 0 heterocycles. The van der Waals surface area contributed by atoms with Crippen molar-refractivity contribution in [2.24, 2.45) is 34.0 Å². The molecule has 6 atom stereocenters. The molecular formula is C28H41F3O4S. The van der Waals surface area contributed by atoms with E-state index in [0.29, 0.717) is 50.5 Å². The summed E-state index contributed by atoms with van der Waals surface area (Å²) in [7, 11) is 0. The van der Waals surface area contributed by atoms with Gasteiger partial charge in [0.1, 0.15) is 0 Å². The van der Waals surface area contributed by atoms with Gasteiger partial charge in [-0.1, -0.05) is 45.5 Å². The predicted molar refractivity (Wildman–Crippen MR) is 135 cm³/mol. The number of aliphatic carboxylic acids is 1. The number of fused-ring (bicyclic) bond motifs is 3. The van der Waals surface area contributed by atoms with E-state index in [1.165, 1.54) is 6.92 Å². The van der Waals surface area contributed by atoms with Crippen molar-refractivity contribution in [3.8, 4) is 0 Å². The quantitative estimate of drug-likeness (QED) is 0.367. The Bertz CT molecular complexity index is 909. The van der Waals surface area contributed by atoms with Crippen LogP contribution in [0, 0.1) is 34.0 Å². The highest BCUT2D eigenvalue weighted by Crippen LogP contribution is 2.71. The van der Waals surface area contributed by atoms with Crippen LogP contribution in [0.2, 0.25) is 0 Å². The molecule has 0 aromatic heterocycles. The highest BCUT2D eigenvalue weighted by Gasteiger charge is 2.70. The van der Waals surface area contributed by atoms with Crippen molar-refractivity contribution in [3.05, 3.63) is 11.6 Å². The Morgan fingerprint density at radius 3 is 2.22 bits per heavy atom. The van der Waals surface area contributed by atoms with Crippen molar-refractivity contribution in [2.45, 2.75) is 110 Å². The molecule has 2 fully saturated rings. The van der Waals surface area contributed by atoms with Gasteiger partial charge in [-0.25, -0.2) is 0 Å². The molecule has 6 unspecified atom stereocenters. The largest absolute Gasteiger partial charge is 0.481 e. The van der Waals surface area contributed by atoms with E-state index in [4.69, 9.17) is 0 Å². The average molecular weight is 531 g/mol. The van der Waals surface area contributed by atoms with Crippen LogP contribution in [0.1, 0.15) is 98.8 Å². The number of allylic oxidation sites excluding steroid dienone is 2. The van der Waals surface area contributed by atoms with Gasteiger partial charge in [0.2, 0.25) is 0 Å². The van der Waals surface area contributed by atoms with Crippen molar-refractivity contribution in [3.63, 3.8) is 0 Å². The van der Waals surface area contributed by atoms with Crippen LogP contribution < -0.4 is 0 Å². The van der Waals surface area contributed by atoms with Crippen LogP contribution in [0.4, 0.5) is 13.2 Å². The van der Waals surface area contributed by atoms with Crippen LogP contribution in [-0.4, -0.2) is 33.4 Å². The molecule has 204 valence electrons. The van der Waals surface area contributed by atoms with Crippen LogP contribution in [0.25, 0.3) is 0 Å². The third-order valence-electron chi connectivity index (χ3n) is 10.3. The number of carboxylic acid groups (broad SMARTS) is 1. The number of carbonyl (C=O) groups is 3. The number of Topliss-reactive ketones (excluding diaryl/α,β-unsaturated/α-hetero) is 1. The topological polar surface area (TPSA) is 71.4 Å². The first-order valence-corrected chi connectivity index (χ1v) is 14.3. The molecule has 8 heteroatoms. The summed E-state index contributed by atoms with van der Waals surface area (Å²) in [5.41, 5.74) is -2.32. The lowest BCUT2D eigenvalue weighted by atomic mass is 9.39. The van der Waals surface area contributed by atoms with Gasteiger partial charge in [0, 0.05) is 11.7 Å². The summed E-state index contributed by atoms with van der Waals surface area (Å²) in [6, 6.07) is 0. The van der Waals surface area contributed by atoms with E-state index in [0.717, 1.165) is 11.8 Å². The molecule has 1 N–H and O–H groups in total. The normalized spacial score (nSPS) is 36.2. The summed E-state index contributed by atoms with van der Waals surface area (Å²) in [4.78, 5) is 38.5. The fourth-order valence-electron chi connectivity index (χ4n) is 8.56. The fourth-order valence-corrected chi connectivity index (χ4v) is 10.1. The summed E-state index contributed by atoms with van der Waals surface area (Å²) >= 11 is 1.05. The van der Waals surface area contributed by atoms with Crippen LogP contribution in [-0.2, 0) is 14.4 Å². The van der Waals surface area contributed by atoms with Gasteiger partial charge >= 0.3 is 12.1 Å². The molecule has 0 aromatic carbocycles. The van der Waals surface area contributed by atoms with Gasteiger partial charge in [0.05, 0.1) is 11.3 Å². The Hall–Kier alpha value is -1.31. The van der Waals surface area contributed by atoms with E-state index in [9.17, 15) is 32.7 Å². The first-order chi connectivity index (χ1) is 16.7. The van der Waals surface area contributed by atoms with E-state index in [-0.39, 0.29) is 36.1 Å². The van der Waals surface area contributed by atoms with Crippen molar-refractivity contribution >= 4 is 28.6 Å². The second-order valence-electron chi connectivity index (χ2n) is 11.5. The molecule has 3 aliphatic carbocycles. The number of hydrogen-bond donors (Lipinski definition) is 1. The van der Waals surface area contributed by atoms with Crippen LogP contribution in [0.5, 0.6) is 0 Å². The zero-order chi connectivity index (χ0) is 27.1. The van der Waals surface area contributed by atoms with E-state index in [1.54, 1.807) is 0 Å². The molecule has 3 aliphatic rings. The van der Waals surface area contributed by atoms with Crippen LogP contribution >= 0.6 is 11.8 Å². The molecule has 0 spiro atoms. The van der Waals surface area contributed by atoms with Gasteiger partial charge in [-0.05, 0) is 93.0 Å². The van der Waals surface area contributed by atoms with Crippen LogP contribution in [0.15, 0.2) is 11.6 Å². The number of carbonyl (C=O) groups excluding carboxylic acids is 2. The number of halogens is 3. The predicted octanol–water partition coefficient (Wildman–Crippen LogP) is 7.61. The molecule has 2 saturated carbocycles. The Labute approximate surface area is 217 Å². The highest BCUT2D eigenvalue weighted by molar-refractivity contribution is 8.14. The minimum Gasteiger partial charge on any atom is -0.481 e. The maximum atomic E-state index is 14.3. The summed E-state index contributed by atoms with van der Waals surface area (Å²) < 4.78 is 43.0. The fraction of sp³-hybridized carbons (Fsp3) is 0.821. The summed E-state index contributed by atoms with van der Waals surface area (Å²) in [6.45, 7) is 9.05. The lowest BCUT2D eigenvalue weighted by Crippen LogP contribution is -2.64. The molecule has 0 aliphatic heterocycles.